The minimum atomic E-state index is 0.740. The van der Waals surface area contributed by atoms with Crippen LogP contribution in [-0.2, 0) is 42.6 Å². The van der Waals surface area contributed by atoms with E-state index in [1.807, 2.05) is 244 Å². The lowest BCUT2D eigenvalue weighted by atomic mass is 10.5. The van der Waals surface area contributed by atoms with Crippen LogP contribution in [0.2, 0.25) is 0 Å². The van der Waals surface area contributed by atoms with Crippen molar-refractivity contribution in [2.24, 2.45) is 0 Å². The molecule has 4 aromatic heterocycles. The second-order valence-corrected chi connectivity index (χ2v) is 61.1. The highest BCUT2D eigenvalue weighted by Gasteiger charge is 1.96. The quantitative estimate of drug-likeness (QED) is 0.0220. The van der Waals surface area contributed by atoms with Crippen LogP contribution in [0.25, 0.3) is 0 Å². The minimum Gasteiger partial charge on any atom is -0.381 e. The van der Waals surface area contributed by atoms with Gasteiger partial charge in [-0.05, 0) is 226 Å². The first-order valence-corrected chi connectivity index (χ1v) is 81.7. The summed E-state index contributed by atoms with van der Waals surface area (Å²) < 4.78 is 46.7. The molecule has 0 aliphatic heterocycles. The molecule has 0 spiro atoms. The molecule has 13 nitrogen and oxygen atoms in total. The number of hydrogen-bond donors (Lipinski definition) is 3. The maximum absolute atomic E-state index is 5.37. The van der Waals surface area contributed by atoms with E-state index >= 15 is 0 Å². The van der Waals surface area contributed by atoms with Crippen molar-refractivity contribution < 1.29 is 42.6 Å². The van der Waals surface area contributed by atoms with Gasteiger partial charge >= 0.3 is 0 Å². The van der Waals surface area contributed by atoms with Gasteiger partial charge in [-0.15, -0.1) is 0 Å². The first kappa shape index (κ1) is 150. The molecule has 0 aromatic carbocycles. The SMILES string of the molecule is CCOCCSSC.CCOCCSSC.CCOCCSSC.CCOCCSSC.CSSC.CSSCCOCCS.CSSCCOCCSSC.CSSCCOCCSSC.CSSCCOCCSSC.CSSc1ccccn1.CSSc1ccccn1.CSSc1ccccn1.CSSc1ccccn1.SCCOCCS. The van der Waals surface area contributed by atoms with Gasteiger partial charge in [0.2, 0.25) is 0 Å². The summed E-state index contributed by atoms with van der Waals surface area (Å²) in [5.74, 6) is 14.5. The first-order valence-electron chi connectivity index (χ1n) is 36.7. The van der Waals surface area contributed by atoms with Gasteiger partial charge in [-0.2, -0.15) is 37.9 Å². The Kier molecular flexibility index (Phi) is 201. The molecule has 0 N–H and O–H groups in total. The van der Waals surface area contributed by atoms with Crippen LogP contribution in [0.5, 0.6) is 0 Å². The van der Waals surface area contributed by atoms with Crippen LogP contribution >= 0.6 is 383 Å². The number of aromatic nitrogens is 4. The molecule has 4 rings (SSSR count). The molecule has 0 aliphatic carbocycles. The number of nitrogens with zero attached hydrogens (tertiary/aromatic N) is 4. The van der Waals surface area contributed by atoms with Gasteiger partial charge < -0.3 is 42.6 Å². The molecule has 0 amide bonds. The van der Waals surface area contributed by atoms with E-state index < -0.39 is 0 Å². The largest absolute Gasteiger partial charge is 0.381 e. The molecule has 0 bridgehead atoms. The van der Waals surface area contributed by atoms with Gasteiger partial charge in [-0.1, -0.05) is 326 Å². The number of rotatable bonds is 63. The summed E-state index contributed by atoms with van der Waals surface area (Å²) in [7, 11) is 57.1. The molecule has 0 aliphatic rings. The topological polar surface area (TPSA) is 135 Å². The second kappa shape index (κ2) is 162. The molecule has 0 radical (unpaired) electrons. The first-order chi connectivity index (χ1) is 59.4. The Morgan fingerprint density at radius 2 is 0.347 bits per heavy atom. The van der Waals surface area contributed by atoms with Crippen molar-refractivity contribution in [3.05, 3.63) is 97.6 Å². The van der Waals surface area contributed by atoms with E-state index in [1.54, 1.807) is 251 Å². The highest BCUT2D eigenvalue weighted by Crippen LogP contribution is 2.29. The lowest BCUT2D eigenvalue weighted by Gasteiger charge is -2.00. The Morgan fingerprint density at radius 1 is 0.198 bits per heavy atom. The van der Waals surface area contributed by atoms with E-state index in [9.17, 15) is 0 Å². The Hall–Kier alpha value is 8.49. The summed E-state index contributed by atoms with van der Waals surface area (Å²) in [4.78, 5) is 16.4. The lowest BCUT2D eigenvalue weighted by molar-refractivity contribution is 0.164. The maximum atomic E-state index is 5.37. The lowest BCUT2D eigenvalue weighted by Crippen LogP contribution is -1.99. The van der Waals surface area contributed by atoms with Gasteiger partial charge in [-0.3, -0.25) is 0 Å². The van der Waals surface area contributed by atoms with E-state index in [0.29, 0.717) is 0 Å². The molecule has 0 saturated heterocycles. The fourth-order valence-electron chi connectivity index (χ4n) is 5.15. The molecule has 4 heterocycles. The normalized spacial score (nSPS) is 9.75. The highest BCUT2D eigenvalue weighted by atomic mass is 33.1. The predicted octanol–water partition coefficient (Wildman–Crippen LogP) is 31.5. The zero-order chi connectivity index (χ0) is 92.1. The summed E-state index contributed by atoms with van der Waals surface area (Å²) >= 11 is 11.9. The third kappa shape index (κ3) is 178. The van der Waals surface area contributed by atoms with Crippen LogP contribution in [0, 0.1) is 0 Å². The molecule has 0 unspecified atom stereocenters. The van der Waals surface area contributed by atoms with Gasteiger partial charge in [0, 0.05) is 132 Å². The van der Waals surface area contributed by atoms with Crippen LogP contribution in [0.15, 0.2) is 118 Å². The van der Waals surface area contributed by atoms with Crippen LogP contribution in [0.3, 0.4) is 0 Å². The third-order valence-corrected chi connectivity index (χ3v) is 37.4. The molecule has 48 heteroatoms. The molecule has 722 valence electrons. The van der Waals surface area contributed by atoms with E-state index in [2.05, 4.69) is 139 Å². The van der Waals surface area contributed by atoms with Crippen molar-refractivity contribution in [1.29, 1.82) is 0 Å². The molecular weight excluding hydrogens is 2200 g/mol. The van der Waals surface area contributed by atoms with Crippen molar-refractivity contribution in [1.82, 2.24) is 19.9 Å². The fourth-order valence-corrected chi connectivity index (χ4v) is 22.0. The summed E-state index contributed by atoms with van der Waals surface area (Å²) in [6.07, 6.45) is 42.4. The second-order valence-electron chi connectivity index (χ2n) is 17.9. The Labute approximate surface area is 884 Å². The number of hydrogen-bond acceptors (Lipinski definition) is 48. The van der Waals surface area contributed by atoms with Gasteiger partial charge in [0.25, 0.3) is 0 Å². The molecular formula is C73H146N4O9S35. The van der Waals surface area contributed by atoms with Crippen molar-refractivity contribution in [3.8, 4) is 0 Å². The average molecular weight is 2350 g/mol. The summed E-state index contributed by atoms with van der Waals surface area (Å²) in [6, 6.07) is 23.7. The molecule has 4 aromatic rings. The Bertz CT molecular complexity index is 1870. The van der Waals surface area contributed by atoms with Crippen molar-refractivity contribution in [2.45, 2.75) is 47.8 Å². The predicted molar refractivity (Wildman–Crippen MR) is 649 cm³/mol. The van der Waals surface area contributed by atoms with Crippen LogP contribution in [-0.4, -0.2) is 326 Å². The average Bonchev–Trinajstić information content (AvgIpc) is 0.994. The molecule has 0 atom stereocenters. The molecule has 0 fully saturated rings. The van der Waals surface area contributed by atoms with E-state index in [1.165, 1.54) is 0 Å². The standard InChI is InChI=1S/4C6H7NS2.3C6H14OS4.C5H12OS3.4C5H12OS2.C4H10OS2.C2H6S2/c4*1-8-9-6-4-2-3-5-7-6;3*1-8-10-5-3-7-4-6-11-9-2;1-8-9-5-3-6-2-4-7;4*1-3-6-4-5-8-7-2;6-3-1-5-2-4-7;1-3-4-2/h4*2-5H,1H3;3*3-6H2,1-2H3;7H,2-5H2,1H3;4*3-5H2,1-2H3;6-7H,1-4H2;1-2H3. The van der Waals surface area contributed by atoms with Crippen LogP contribution < -0.4 is 0 Å². The third-order valence-electron chi connectivity index (χ3n) is 9.63. The number of pyridine rings is 4. The van der Waals surface area contributed by atoms with E-state index in [0.717, 1.165) is 220 Å². The van der Waals surface area contributed by atoms with Gasteiger partial charge in [0.15, 0.2) is 0 Å². The van der Waals surface area contributed by atoms with Crippen LogP contribution in [0.4, 0.5) is 0 Å². The van der Waals surface area contributed by atoms with Gasteiger partial charge in [0.05, 0.1) is 92.5 Å². The van der Waals surface area contributed by atoms with Gasteiger partial charge in [0.1, 0.15) is 20.1 Å². The molecule has 121 heavy (non-hydrogen) atoms. The highest BCUT2D eigenvalue weighted by molar-refractivity contribution is 8.80. The molecule has 0 saturated carbocycles. The zero-order valence-corrected chi connectivity index (χ0v) is 104. The zero-order valence-electron chi connectivity index (χ0n) is 74.7. The van der Waals surface area contributed by atoms with Gasteiger partial charge in [-0.25, -0.2) is 19.9 Å². The summed E-state index contributed by atoms with van der Waals surface area (Å²) in [5, 5.41) is 4.30. The number of ether oxygens (including phenoxy) is 9. The van der Waals surface area contributed by atoms with Crippen molar-refractivity contribution >= 4 is 383 Å². The smallest absolute Gasteiger partial charge is 0.106 e. The van der Waals surface area contributed by atoms with E-state index in [4.69, 9.17) is 42.6 Å². The van der Waals surface area contributed by atoms with E-state index in [-0.39, 0.29) is 0 Å². The monoisotopic (exact) mass is 2340 g/mol. The fraction of sp³-hybridized carbons (Fsp3) is 0.726. The van der Waals surface area contributed by atoms with Crippen molar-refractivity contribution in [3.63, 3.8) is 0 Å². The van der Waals surface area contributed by atoms with Crippen LogP contribution in [0.1, 0.15) is 27.7 Å². The summed E-state index contributed by atoms with van der Waals surface area (Å²) in [6.45, 7) is 23.4. The Balaban J connectivity index is -0.000000138. The maximum Gasteiger partial charge on any atom is 0.106 e. The van der Waals surface area contributed by atoms with Crippen molar-refractivity contribution in [2.75, 3.05) is 306 Å². The number of thiol groups is 3. The Morgan fingerprint density at radius 3 is 0.463 bits per heavy atom. The minimum absolute atomic E-state index is 0.740. The summed E-state index contributed by atoms with van der Waals surface area (Å²) in [5.41, 5.74) is 0.